The maximum absolute atomic E-state index is 11.7. The van der Waals surface area contributed by atoms with Crippen molar-refractivity contribution in [1.82, 2.24) is 10.6 Å². The molecule has 0 saturated carbocycles. The van der Waals surface area contributed by atoms with E-state index in [0.29, 0.717) is 19.0 Å². The van der Waals surface area contributed by atoms with Gasteiger partial charge in [0.25, 0.3) is 0 Å². The summed E-state index contributed by atoms with van der Waals surface area (Å²) in [6, 6.07) is 12.7. The molecule has 8 heteroatoms. The minimum absolute atomic E-state index is 0. The first kappa shape index (κ1) is 25.5. The van der Waals surface area contributed by atoms with Crippen molar-refractivity contribution in [1.29, 1.82) is 0 Å². The number of nitrogens with zero attached hydrogens (tertiary/aromatic N) is 2. The highest BCUT2D eigenvalue weighted by Gasteiger charge is 2.20. The Hall–Kier alpha value is -1.81. The van der Waals surface area contributed by atoms with Crippen LogP contribution in [0.25, 0.3) is 0 Å². The molecule has 31 heavy (non-hydrogen) atoms. The molecule has 0 bridgehead atoms. The molecule has 1 aromatic heterocycles. The lowest BCUT2D eigenvalue weighted by Crippen LogP contribution is -2.48. The van der Waals surface area contributed by atoms with Crippen molar-refractivity contribution in [2.45, 2.75) is 52.1 Å². The Morgan fingerprint density at radius 3 is 2.52 bits per heavy atom. The standard InChI is InChI=1S/C23H33N5OS.HI/c1-3-6-21(29)26-19-10-8-18(9-11-19)17-25-23(24-4-2)27-20-12-14-28(15-13-20)22-7-5-16-30-22;/h5,7-11,16,20H,3-4,6,12-15,17H2,1-2H3,(H,26,29)(H2,24,25,27);1H. The summed E-state index contributed by atoms with van der Waals surface area (Å²) in [6.07, 6.45) is 3.62. The number of piperidine rings is 1. The van der Waals surface area contributed by atoms with E-state index in [-0.39, 0.29) is 29.9 Å². The molecule has 2 heterocycles. The number of anilines is 2. The molecule has 0 atom stereocenters. The van der Waals surface area contributed by atoms with Gasteiger partial charge in [-0.15, -0.1) is 35.3 Å². The molecule has 0 radical (unpaired) electrons. The van der Waals surface area contributed by atoms with E-state index in [1.54, 1.807) is 0 Å². The van der Waals surface area contributed by atoms with Gasteiger partial charge in [0.2, 0.25) is 5.91 Å². The molecule has 1 saturated heterocycles. The number of guanidine groups is 1. The third kappa shape index (κ3) is 8.33. The topological polar surface area (TPSA) is 68.8 Å². The number of carbonyl (C=O) groups is 1. The largest absolute Gasteiger partial charge is 0.363 e. The van der Waals surface area contributed by atoms with Gasteiger partial charge in [-0.2, -0.15) is 0 Å². The van der Waals surface area contributed by atoms with Gasteiger partial charge in [-0.25, -0.2) is 4.99 Å². The van der Waals surface area contributed by atoms with E-state index in [1.807, 2.05) is 42.5 Å². The first-order valence-corrected chi connectivity index (χ1v) is 11.8. The predicted octanol–water partition coefficient (Wildman–Crippen LogP) is 4.83. The normalized spacial score (nSPS) is 14.6. The first-order chi connectivity index (χ1) is 14.7. The molecule has 0 spiro atoms. The van der Waals surface area contributed by atoms with E-state index < -0.39 is 0 Å². The van der Waals surface area contributed by atoms with Crippen LogP contribution in [0.2, 0.25) is 0 Å². The van der Waals surface area contributed by atoms with Gasteiger partial charge in [-0.3, -0.25) is 4.79 Å². The van der Waals surface area contributed by atoms with Gasteiger partial charge in [0.15, 0.2) is 5.96 Å². The monoisotopic (exact) mass is 555 g/mol. The second-order valence-corrected chi connectivity index (χ2v) is 8.47. The Morgan fingerprint density at radius 1 is 1.16 bits per heavy atom. The molecule has 170 valence electrons. The summed E-state index contributed by atoms with van der Waals surface area (Å²) in [7, 11) is 0. The Labute approximate surface area is 206 Å². The molecule has 3 N–H and O–H groups in total. The molecule has 1 fully saturated rings. The molecule has 6 nitrogen and oxygen atoms in total. The zero-order chi connectivity index (χ0) is 21.2. The molecule has 0 unspecified atom stereocenters. The fraction of sp³-hybridized carbons (Fsp3) is 0.478. The number of rotatable bonds is 8. The molecular weight excluding hydrogens is 521 g/mol. The number of carbonyl (C=O) groups excluding carboxylic acids is 1. The zero-order valence-corrected chi connectivity index (χ0v) is 21.5. The highest BCUT2D eigenvalue weighted by Crippen LogP contribution is 2.24. The maximum atomic E-state index is 11.7. The van der Waals surface area contributed by atoms with Crippen molar-refractivity contribution in [2.75, 3.05) is 29.9 Å². The van der Waals surface area contributed by atoms with Gasteiger partial charge in [-0.05, 0) is 61.4 Å². The number of halogens is 1. The molecule has 3 rings (SSSR count). The minimum Gasteiger partial charge on any atom is -0.363 e. The zero-order valence-electron chi connectivity index (χ0n) is 18.4. The highest BCUT2D eigenvalue weighted by molar-refractivity contribution is 14.0. The van der Waals surface area contributed by atoms with Crippen molar-refractivity contribution in [3.05, 3.63) is 47.3 Å². The van der Waals surface area contributed by atoms with Crippen LogP contribution in [0.4, 0.5) is 10.7 Å². The molecular formula is C23H34IN5OS. The van der Waals surface area contributed by atoms with Gasteiger partial charge in [0, 0.05) is 37.8 Å². The quantitative estimate of drug-likeness (QED) is 0.248. The lowest BCUT2D eigenvalue weighted by molar-refractivity contribution is -0.116. The van der Waals surface area contributed by atoms with E-state index >= 15 is 0 Å². The fourth-order valence-electron chi connectivity index (χ4n) is 3.52. The molecule has 1 aliphatic rings. The number of nitrogens with one attached hydrogen (secondary N) is 3. The van der Waals surface area contributed by atoms with Crippen molar-refractivity contribution >= 4 is 57.9 Å². The Kier molecular flexibility index (Phi) is 11.1. The number of thiophene rings is 1. The van der Waals surface area contributed by atoms with Crippen LogP contribution in [0.1, 0.15) is 45.1 Å². The average Bonchev–Trinajstić information content (AvgIpc) is 3.29. The van der Waals surface area contributed by atoms with Crippen LogP contribution >= 0.6 is 35.3 Å². The summed E-state index contributed by atoms with van der Waals surface area (Å²) in [5.74, 6) is 0.930. The van der Waals surface area contributed by atoms with Crippen molar-refractivity contribution in [2.24, 2.45) is 4.99 Å². The molecule has 1 amide bonds. The number of aliphatic imine (C=N–C) groups is 1. The summed E-state index contributed by atoms with van der Waals surface area (Å²) in [5, 5.41) is 13.4. The second kappa shape index (κ2) is 13.6. The maximum Gasteiger partial charge on any atom is 0.224 e. The molecule has 1 aromatic carbocycles. The van der Waals surface area contributed by atoms with Crippen LogP contribution in [-0.4, -0.2) is 37.5 Å². The van der Waals surface area contributed by atoms with Crippen LogP contribution in [-0.2, 0) is 11.3 Å². The Morgan fingerprint density at radius 2 is 1.90 bits per heavy atom. The third-order valence-electron chi connectivity index (χ3n) is 5.13. The highest BCUT2D eigenvalue weighted by atomic mass is 127. The number of hydrogen-bond acceptors (Lipinski definition) is 4. The van der Waals surface area contributed by atoms with Crippen molar-refractivity contribution < 1.29 is 4.79 Å². The summed E-state index contributed by atoms with van der Waals surface area (Å²) in [5.41, 5.74) is 1.96. The van der Waals surface area contributed by atoms with Crippen LogP contribution in [0.3, 0.4) is 0 Å². The summed E-state index contributed by atoms with van der Waals surface area (Å²) in [6.45, 7) is 7.68. The Balaban J connectivity index is 0.00000341. The molecule has 2 aromatic rings. The summed E-state index contributed by atoms with van der Waals surface area (Å²) < 4.78 is 0. The van der Waals surface area contributed by atoms with E-state index in [2.05, 4.69) is 45.3 Å². The van der Waals surface area contributed by atoms with Crippen molar-refractivity contribution in [3.8, 4) is 0 Å². The number of benzene rings is 1. The van der Waals surface area contributed by atoms with Gasteiger partial charge < -0.3 is 20.9 Å². The molecule has 1 aliphatic heterocycles. The Bertz CT molecular complexity index is 802. The second-order valence-electron chi connectivity index (χ2n) is 7.55. The van der Waals surface area contributed by atoms with Crippen LogP contribution in [0.5, 0.6) is 0 Å². The third-order valence-corrected chi connectivity index (χ3v) is 6.06. The van der Waals surface area contributed by atoms with Gasteiger partial charge in [0.1, 0.15) is 0 Å². The lowest BCUT2D eigenvalue weighted by Gasteiger charge is -2.33. The van der Waals surface area contributed by atoms with Gasteiger partial charge in [0.05, 0.1) is 11.5 Å². The summed E-state index contributed by atoms with van der Waals surface area (Å²) >= 11 is 1.81. The van der Waals surface area contributed by atoms with E-state index in [4.69, 9.17) is 4.99 Å². The smallest absolute Gasteiger partial charge is 0.224 e. The van der Waals surface area contributed by atoms with E-state index in [9.17, 15) is 4.79 Å². The van der Waals surface area contributed by atoms with Crippen LogP contribution in [0.15, 0.2) is 46.8 Å². The van der Waals surface area contributed by atoms with Gasteiger partial charge >= 0.3 is 0 Å². The fourth-order valence-corrected chi connectivity index (χ4v) is 4.31. The van der Waals surface area contributed by atoms with Gasteiger partial charge in [-0.1, -0.05) is 19.1 Å². The van der Waals surface area contributed by atoms with Crippen molar-refractivity contribution in [3.63, 3.8) is 0 Å². The average molecular weight is 556 g/mol. The first-order valence-electron chi connectivity index (χ1n) is 10.9. The van der Waals surface area contributed by atoms with E-state index in [1.165, 1.54) is 5.00 Å². The van der Waals surface area contributed by atoms with Crippen LogP contribution in [0, 0.1) is 0 Å². The number of hydrogen-bond donors (Lipinski definition) is 3. The lowest BCUT2D eigenvalue weighted by atomic mass is 10.1. The number of amides is 1. The molecule has 0 aliphatic carbocycles. The predicted molar refractivity (Wildman–Crippen MR) is 143 cm³/mol. The van der Waals surface area contributed by atoms with Crippen LogP contribution < -0.4 is 20.9 Å². The summed E-state index contributed by atoms with van der Waals surface area (Å²) in [4.78, 5) is 18.9. The minimum atomic E-state index is 0. The van der Waals surface area contributed by atoms with E-state index in [0.717, 1.165) is 56.1 Å². The SMILES string of the molecule is CCCC(=O)Nc1ccc(CN=C(NCC)NC2CCN(c3cccs3)CC2)cc1.I.